The Hall–Kier alpha value is -1.10. The summed E-state index contributed by atoms with van der Waals surface area (Å²) in [6.07, 6.45) is 41.6. The summed E-state index contributed by atoms with van der Waals surface area (Å²) in [6, 6.07) is 0. The highest BCUT2D eigenvalue weighted by Crippen LogP contribution is 2.16. The minimum Gasteiger partial charge on any atom is -0.463 e. The Bertz CT molecular complexity index is 664. The molecule has 0 amide bonds. The number of hydrogen-bond donors (Lipinski definition) is 1. The van der Waals surface area contributed by atoms with Crippen LogP contribution >= 0.6 is 0 Å². The Labute approximate surface area is 299 Å². The predicted octanol–water partition coefficient (Wildman–Crippen LogP) is 13.4. The minimum absolute atomic E-state index is 0.108. The number of hydrogen-bond acceptors (Lipinski definition) is 5. The lowest BCUT2D eigenvalue weighted by Gasteiger charge is -2.12. The zero-order valence-electron chi connectivity index (χ0n) is 32.7. The summed E-state index contributed by atoms with van der Waals surface area (Å²) in [5.74, 6) is 0.308. The zero-order chi connectivity index (χ0) is 35.2. The van der Waals surface area contributed by atoms with Crippen molar-refractivity contribution in [2.45, 2.75) is 245 Å². The molecule has 0 aromatic rings. The van der Waals surface area contributed by atoms with Crippen LogP contribution in [0.2, 0.25) is 0 Å². The summed E-state index contributed by atoms with van der Waals surface area (Å²) >= 11 is 0. The summed E-state index contributed by atoms with van der Waals surface area (Å²) in [5.41, 5.74) is 0. The van der Waals surface area contributed by atoms with Crippen molar-refractivity contribution in [1.82, 2.24) is 0 Å². The molecule has 1 atom stereocenters. The molecule has 0 unspecified atom stereocenters. The smallest absolute Gasteiger partial charge is 0.305 e. The van der Waals surface area contributed by atoms with Gasteiger partial charge in [0.1, 0.15) is 19.3 Å². The van der Waals surface area contributed by atoms with Gasteiger partial charge < -0.3 is 14.6 Å². The minimum atomic E-state index is -0.955. The van der Waals surface area contributed by atoms with Crippen molar-refractivity contribution in [3.63, 3.8) is 0 Å². The van der Waals surface area contributed by atoms with E-state index in [1.54, 1.807) is 0 Å². The largest absolute Gasteiger partial charge is 0.463 e. The number of ether oxygens (including phenoxy) is 2. The molecule has 0 aliphatic carbocycles. The van der Waals surface area contributed by atoms with Crippen LogP contribution in [0.3, 0.4) is 0 Å². The molecule has 5 nitrogen and oxygen atoms in total. The fourth-order valence-corrected chi connectivity index (χ4v) is 6.51. The Balaban J connectivity index is 3.36. The third kappa shape index (κ3) is 39.3. The van der Waals surface area contributed by atoms with Crippen molar-refractivity contribution in [2.24, 2.45) is 5.92 Å². The number of aliphatic hydroxyl groups is 1. The Morgan fingerprint density at radius 2 is 0.667 bits per heavy atom. The van der Waals surface area contributed by atoms with Gasteiger partial charge in [-0.2, -0.15) is 0 Å². The molecule has 0 fully saturated rings. The van der Waals surface area contributed by atoms with Crippen LogP contribution in [0.25, 0.3) is 0 Å². The summed E-state index contributed by atoms with van der Waals surface area (Å²) in [5, 5.41) is 10.0. The van der Waals surface area contributed by atoms with Crippen LogP contribution in [0.15, 0.2) is 0 Å². The van der Waals surface area contributed by atoms with E-state index in [9.17, 15) is 14.7 Å². The molecule has 0 saturated heterocycles. The van der Waals surface area contributed by atoms with E-state index < -0.39 is 6.10 Å². The fourth-order valence-electron chi connectivity index (χ4n) is 6.51. The van der Waals surface area contributed by atoms with E-state index in [0.717, 1.165) is 31.6 Å². The Morgan fingerprint density at radius 3 is 0.938 bits per heavy atom. The van der Waals surface area contributed by atoms with E-state index in [2.05, 4.69) is 20.8 Å². The monoisotopic (exact) mass is 681 g/mol. The van der Waals surface area contributed by atoms with Crippen molar-refractivity contribution >= 4 is 11.9 Å². The van der Waals surface area contributed by atoms with Crippen LogP contribution in [-0.4, -0.2) is 36.4 Å². The number of rotatable bonds is 39. The van der Waals surface area contributed by atoms with Gasteiger partial charge in [0, 0.05) is 12.8 Å². The molecule has 0 radical (unpaired) electrons. The van der Waals surface area contributed by atoms with Crippen LogP contribution < -0.4 is 0 Å². The number of carbonyl (C=O) groups excluding carboxylic acids is 2. The van der Waals surface area contributed by atoms with E-state index in [4.69, 9.17) is 9.47 Å². The molecular weight excluding hydrogens is 596 g/mol. The van der Waals surface area contributed by atoms with Gasteiger partial charge in [0.05, 0.1) is 0 Å². The number of carbonyl (C=O) groups is 2. The maximum atomic E-state index is 12.0. The molecule has 1 N–H and O–H groups in total. The number of aliphatic hydroxyl groups excluding tert-OH is 1. The van der Waals surface area contributed by atoms with Gasteiger partial charge in [-0.3, -0.25) is 9.59 Å². The van der Waals surface area contributed by atoms with E-state index in [0.29, 0.717) is 12.8 Å². The van der Waals surface area contributed by atoms with Crippen molar-refractivity contribution in [3.05, 3.63) is 0 Å². The van der Waals surface area contributed by atoms with Crippen molar-refractivity contribution in [1.29, 1.82) is 0 Å². The predicted molar refractivity (Wildman–Crippen MR) is 205 cm³/mol. The lowest BCUT2D eigenvalue weighted by atomic mass is 10.0. The summed E-state index contributed by atoms with van der Waals surface area (Å²) in [7, 11) is 0. The second kappa shape index (κ2) is 38.7. The van der Waals surface area contributed by atoms with Gasteiger partial charge in [-0.25, -0.2) is 0 Å². The third-order valence-electron chi connectivity index (χ3n) is 9.77. The number of unbranched alkanes of at least 4 members (excludes halogenated alkanes) is 29. The van der Waals surface area contributed by atoms with Gasteiger partial charge in [0.2, 0.25) is 0 Å². The molecule has 0 aromatic carbocycles. The second-order valence-corrected chi connectivity index (χ2v) is 15.3. The first-order valence-corrected chi connectivity index (χ1v) is 21.4. The highest BCUT2D eigenvalue weighted by molar-refractivity contribution is 5.69. The molecule has 0 bridgehead atoms. The first-order valence-electron chi connectivity index (χ1n) is 21.4. The van der Waals surface area contributed by atoms with Crippen LogP contribution in [0.4, 0.5) is 0 Å². The highest BCUT2D eigenvalue weighted by Gasteiger charge is 2.12. The van der Waals surface area contributed by atoms with Crippen LogP contribution in [-0.2, 0) is 19.1 Å². The molecule has 0 spiro atoms. The average molecular weight is 681 g/mol. The van der Waals surface area contributed by atoms with E-state index in [-0.39, 0.29) is 25.2 Å². The second-order valence-electron chi connectivity index (χ2n) is 15.3. The molecule has 0 saturated carbocycles. The van der Waals surface area contributed by atoms with Gasteiger partial charge >= 0.3 is 11.9 Å². The van der Waals surface area contributed by atoms with Gasteiger partial charge in [-0.1, -0.05) is 213 Å². The molecule has 0 aliphatic rings. The van der Waals surface area contributed by atoms with Gasteiger partial charge in [-0.15, -0.1) is 0 Å². The summed E-state index contributed by atoms with van der Waals surface area (Å²) < 4.78 is 10.4. The molecule has 0 heterocycles. The fraction of sp³-hybridized carbons (Fsp3) is 0.953. The zero-order valence-corrected chi connectivity index (χ0v) is 32.7. The Morgan fingerprint density at radius 1 is 0.417 bits per heavy atom. The van der Waals surface area contributed by atoms with E-state index >= 15 is 0 Å². The van der Waals surface area contributed by atoms with Crippen LogP contribution in [0.5, 0.6) is 0 Å². The summed E-state index contributed by atoms with van der Waals surface area (Å²) in [6.45, 7) is 6.70. The standard InChI is InChI=1S/C43H84O5/c1-4-5-6-7-8-9-10-11-12-15-18-21-24-27-30-33-36-42(45)47-38-41(44)39-48-43(46)37-34-31-28-25-22-19-16-13-14-17-20-23-26-29-32-35-40(2)3/h40-41,44H,4-39H2,1-3H3/t41-/m1/s1. The highest BCUT2D eigenvalue weighted by atomic mass is 16.6. The quantitative estimate of drug-likeness (QED) is 0.0517. The van der Waals surface area contributed by atoms with E-state index in [1.807, 2.05) is 0 Å². The van der Waals surface area contributed by atoms with Crippen molar-refractivity contribution in [3.8, 4) is 0 Å². The van der Waals surface area contributed by atoms with Crippen LogP contribution in [0.1, 0.15) is 239 Å². The SMILES string of the molecule is CCCCCCCCCCCCCCCCCCC(=O)OC[C@@H](O)COC(=O)CCCCCCCCCCCCCCCCCC(C)C. The lowest BCUT2D eigenvalue weighted by Crippen LogP contribution is -2.25. The first-order chi connectivity index (χ1) is 23.5. The first kappa shape index (κ1) is 46.9. The molecule has 48 heavy (non-hydrogen) atoms. The lowest BCUT2D eigenvalue weighted by molar-refractivity contribution is -0.152. The Kier molecular flexibility index (Phi) is 37.8. The van der Waals surface area contributed by atoms with E-state index in [1.165, 1.54) is 180 Å². The van der Waals surface area contributed by atoms with Gasteiger partial charge in [0.25, 0.3) is 0 Å². The molecular formula is C43H84O5. The van der Waals surface area contributed by atoms with Crippen LogP contribution in [0, 0.1) is 5.92 Å². The topological polar surface area (TPSA) is 72.8 Å². The molecule has 286 valence electrons. The average Bonchev–Trinajstić information content (AvgIpc) is 3.07. The third-order valence-corrected chi connectivity index (χ3v) is 9.77. The normalized spacial score (nSPS) is 12.1. The van der Waals surface area contributed by atoms with Crippen molar-refractivity contribution in [2.75, 3.05) is 13.2 Å². The maximum absolute atomic E-state index is 12.0. The molecule has 0 aromatic heterocycles. The molecule has 0 rings (SSSR count). The molecule has 5 heteroatoms. The van der Waals surface area contributed by atoms with Gasteiger partial charge in [0.15, 0.2) is 0 Å². The van der Waals surface area contributed by atoms with Crippen molar-refractivity contribution < 1.29 is 24.2 Å². The number of esters is 2. The summed E-state index contributed by atoms with van der Waals surface area (Å²) in [4.78, 5) is 24.0. The molecule has 0 aliphatic heterocycles. The van der Waals surface area contributed by atoms with Gasteiger partial charge in [-0.05, 0) is 18.8 Å². The maximum Gasteiger partial charge on any atom is 0.305 e.